The number of nitrogens with two attached hydrogens (primary N) is 2. The second-order valence-electron chi connectivity index (χ2n) is 3.71. The minimum atomic E-state index is -0.604. The number of carbonyl (C=O) groups is 1. The number of rotatable bonds is 3. The molecule has 1 aromatic rings. The van der Waals surface area contributed by atoms with Crippen molar-refractivity contribution in [2.75, 3.05) is 5.73 Å². The normalized spacial score (nSPS) is 14.6. The molecule has 0 aliphatic carbocycles. The fraction of sp³-hybridized carbons (Fsp3) is 0.300. The van der Waals surface area contributed by atoms with Gasteiger partial charge in [-0.1, -0.05) is 13.0 Å². The molecule has 0 bridgehead atoms. The second kappa shape index (κ2) is 4.44. The summed E-state index contributed by atoms with van der Waals surface area (Å²) in [6.45, 7) is 1.79. The highest BCUT2D eigenvalue weighted by molar-refractivity contribution is 6.59. The van der Waals surface area contributed by atoms with Crippen LogP contribution in [-0.4, -0.2) is 19.6 Å². The van der Waals surface area contributed by atoms with Gasteiger partial charge in [0.2, 0.25) is 0 Å². The Morgan fingerprint density at radius 2 is 2.13 bits per heavy atom. The molecule has 0 saturated heterocycles. The number of hydrogen-bond acceptors (Lipinski definition) is 3. The summed E-state index contributed by atoms with van der Waals surface area (Å²) in [5, 5.41) is 0. The largest absolute Gasteiger partial charge is 0.396 e. The lowest BCUT2D eigenvalue weighted by Crippen LogP contribution is -2.35. The van der Waals surface area contributed by atoms with Crippen LogP contribution >= 0.6 is 0 Å². The van der Waals surface area contributed by atoms with E-state index in [-0.39, 0.29) is 17.3 Å². The monoisotopic (exact) mass is 208 g/mol. The van der Waals surface area contributed by atoms with Crippen LogP contribution in [0.4, 0.5) is 10.1 Å². The first kappa shape index (κ1) is 11.7. The average molecular weight is 208 g/mol. The molecule has 0 unspecified atom stereocenters. The average Bonchev–Trinajstić information content (AvgIpc) is 2.19. The molecule has 1 rings (SSSR count). The summed E-state index contributed by atoms with van der Waals surface area (Å²) in [7, 11) is 1.43. The lowest BCUT2D eigenvalue weighted by Gasteiger charge is -2.18. The molecule has 0 saturated carbocycles. The predicted molar refractivity (Wildman–Crippen MR) is 60.8 cm³/mol. The van der Waals surface area contributed by atoms with Gasteiger partial charge in [-0.2, -0.15) is 0 Å². The van der Waals surface area contributed by atoms with Crippen LogP contribution in [0, 0.1) is 5.82 Å². The van der Waals surface area contributed by atoms with E-state index in [9.17, 15) is 9.18 Å². The Bertz CT molecular complexity index is 384. The SMILES string of the molecule is BC(=O)[C@H](N)[C@@H](C)c1ccc(N)c(F)c1. The molecule has 0 aromatic heterocycles. The molecule has 0 heterocycles. The van der Waals surface area contributed by atoms with E-state index in [4.69, 9.17) is 11.5 Å². The molecular weight excluding hydrogens is 194 g/mol. The van der Waals surface area contributed by atoms with Crippen molar-refractivity contribution in [2.24, 2.45) is 5.73 Å². The molecular formula is C10H14BFN2O. The van der Waals surface area contributed by atoms with Crippen molar-refractivity contribution in [1.29, 1.82) is 0 Å². The highest BCUT2D eigenvalue weighted by Gasteiger charge is 2.19. The van der Waals surface area contributed by atoms with Gasteiger partial charge >= 0.3 is 0 Å². The number of nitrogen functional groups attached to an aromatic ring is 1. The molecule has 0 radical (unpaired) electrons. The predicted octanol–water partition coefficient (Wildman–Crippen LogP) is -0.00160. The Morgan fingerprint density at radius 3 is 2.60 bits per heavy atom. The van der Waals surface area contributed by atoms with Crippen molar-refractivity contribution in [2.45, 2.75) is 18.9 Å². The van der Waals surface area contributed by atoms with E-state index in [0.717, 1.165) is 0 Å². The summed E-state index contributed by atoms with van der Waals surface area (Å²) in [6.07, 6.45) is 0. The molecule has 80 valence electrons. The van der Waals surface area contributed by atoms with Crippen LogP contribution < -0.4 is 11.5 Å². The van der Waals surface area contributed by atoms with E-state index in [1.807, 2.05) is 0 Å². The van der Waals surface area contributed by atoms with Gasteiger partial charge in [0.05, 0.1) is 11.7 Å². The van der Waals surface area contributed by atoms with Crippen LogP contribution in [0.5, 0.6) is 0 Å². The zero-order chi connectivity index (χ0) is 11.6. The molecule has 5 heteroatoms. The summed E-state index contributed by atoms with van der Waals surface area (Å²) in [4.78, 5) is 11.1. The van der Waals surface area contributed by atoms with Crippen molar-refractivity contribution < 1.29 is 9.18 Å². The van der Waals surface area contributed by atoms with Gasteiger partial charge in [-0.3, -0.25) is 0 Å². The second-order valence-corrected chi connectivity index (χ2v) is 3.71. The summed E-state index contributed by atoms with van der Waals surface area (Å²) < 4.78 is 13.2. The van der Waals surface area contributed by atoms with Crippen molar-refractivity contribution in [3.8, 4) is 0 Å². The van der Waals surface area contributed by atoms with Crippen LogP contribution in [0.2, 0.25) is 0 Å². The van der Waals surface area contributed by atoms with E-state index in [2.05, 4.69) is 0 Å². The number of carbonyl (C=O) groups excluding carboxylic acids is 1. The zero-order valence-corrected chi connectivity index (χ0v) is 8.83. The fourth-order valence-corrected chi connectivity index (χ4v) is 1.39. The summed E-state index contributed by atoms with van der Waals surface area (Å²) in [5.74, 6) is -0.687. The Balaban J connectivity index is 2.96. The molecule has 3 nitrogen and oxygen atoms in total. The van der Waals surface area contributed by atoms with Crippen LogP contribution in [0.25, 0.3) is 0 Å². The Labute approximate surface area is 89.0 Å². The lowest BCUT2D eigenvalue weighted by atomic mass is 9.84. The maximum atomic E-state index is 13.2. The highest BCUT2D eigenvalue weighted by Crippen LogP contribution is 2.21. The third-order valence-corrected chi connectivity index (χ3v) is 2.56. The number of hydrogen-bond donors (Lipinski definition) is 2. The minimum Gasteiger partial charge on any atom is -0.396 e. The molecule has 0 spiro atoms. The lowest BCUT2D eigenvalue weighted by molar-refractivity contribution is -0.113. The molecule has 4 N–H and O–H groups in total. The van der Waals surface area contributed by atoms with Crippen LogP contribution in [0.3, 0.4) is 0 Å². The zero-order valence-electron chi connectivity index (χ0n) is 8.83. The maximum absolute atomic E-state index is 13.2. The highest BCUT2D eigenvalue weighted by atomic mass is 19.1. The molecule has 0 amide bonds. The molecule has 0 fully saturated rings. The van der Waals surface area contributed by atoms with Gasteiger partial charge in [-0.25, -0.2) is 4.39 Å². The first-order valence-corrected chi connectivity index (χ1v) is 4.74. The summed E-state index contributed by atoms with van der Waals surface area (Å²) in [5.41, 5.74) is 11.7. The van der Waals surface area contributed by atoms with Gasteiger partial charge < -0.3 is 16.3 Å². The fourth-order valence-electron chi connectivity index (χ4n) is 1.39. The van der Waals surface area contributed by atoms with Crippen LogP contribution in [0.15, 0.2) is 18.2 Å². The molecule has 0 aliphatic rings. The van der Waals surface area contributed by atoms with Crippen LogP contribution in [0.1, 0.15) is 18.4 Å². The minimum absolute atomic E-state index is 0.0994. The van der Waals surface area contributed by atoms with Crippen molar-refractivity contribution in [1.82, 2.24) is 0 Å². The van der Waals surface area contributed by atoms with Crippen molar-refractivity contribution in [3.05, 3.63) is 29.6 Å². The Kier molecular flexibility index (Phi) is 3.47. The van der Waals surface area contributed by atoms with Crippen LogP contribution in [-0.2, 0) is 4.79 Å². The quantitative estimate of drug-likeness (QED) is 0.542. The van der Waals surface area contributed by atoms with Crippen molar-refractivity contribution >= 4 is 19.2 Å². The third kappa shape index (κ3) is 2.56. The standard InChI is InChI=1S/C10H14BFN2O/c1-5(9(14)10(11)15)6-2-3-8(13)7(12)4-6/h2-5,9H,11,13-14H2,1H3/t5-,9+/m0/s1. The van der Waals surface area contributed by atoms with Gasteiger partial charge in [0.15, 0.2) is 7.85 Å². The van der Waals surface area contributed by atoms with Gasteiger partial charge in [-0.15, -0.1) is 0 Å². The van der Waals surface area contributed by atoms with Gasteiger partial charge in [-0.05, 0) is 17.7 Å². The van der Waals surface area contributed by atoms with E-state index in [0.29, 0.717) is 5.56 Å². The van der Waals surface area contributed by atoms with Gasteiger partial charge in [0.1, 0.15) is 11.5 Å². The van der Waals surface area contributed by atoms with Gasteiger partial charge in [0, 0.05) is 5.92 Å². The molecule has 15 heavy (non-hydrogen) atoms. The molecule has 0 aliphatic heterocycles. The van der Waals surface area contributed by atoms with E-state index in [1.54, 1.807) is 13.0 Å². The number of halogens is 1. The molecule has 2 atom stereocenters. The first-order valence-electron chi connectivity index (χ1n) is 4.74. The summed E-state index contributed by atoms with van der Waals surface area (Å²) in [6, 6.07) is 3.89. The summed E-state index contributed by atoms with van der Waals surface area (Å²) >= 11 is 0. The Morgan fingerprint density at radius 1 is 1.53 bits per heavy atom. The van der Waals surface area contributed by atoms with E-state index in [1.165, 1.54) is 20.0 Å². The topological polar surface area (TPSA) is 69.1 Å². The molecule has 1 aromatic carbocycles. The van der Waals surface area contributed by atoms with E-state index < -0.39 is 11.9 Å². The van der Waals surface area contributed by atoms with Crippen molar-refractivity contribution in [3.63, 3.8) is 0 Å². The maximum Gasteiger partial charge on any atom is 0.189 e. The number of anilines is 1. The smallest absolute Gasteiger partial charge is 0.189 e. The third-order valence-electron chi connectivity index (χ3n) is 2.56. The number of benzene rings is 1. The van der Waals surface area contributed by atoms with Gasteiger partial charge in [0.25, 0.3) is 0 Å². The first-order chi connectivity index (χ1) is 6.93. The Hall–Kier alpha value is -1.36. The van der Waals surface area contributed by atoms with E-state index >= 15 is 0 Å².